The van der Waals surface area contributed by atoms with Gasteiger partial charge in [0.15, 0.2) is 5.75 Å². The van der Waals surface area contributed by atoms with Crippen molar-refractivity contribution in [1.82, 2.24) is 4.98 Å². The second-order valence-corrected chi connectivity index (χ2v) is 5.45. The number of hydrogen-bond donors (Lipinski definition) is 0. The number of benzene rings is 1. The summed E-state index contributed by atoms with van der Waals surface area (Å²) in [5.41, 5.74) is 0.393. The third kappa shape index (κ3) is 3.32. The Labute approximate surface area is 135 Å². The molecule has 0 saturated carbocycles. The highest BCUT2D eigenvalue weighted by Gasteiger charge is 2.17. The molecule has 3 aromatic rings. The van der Waals surface area contributed by atoms with Gasteiger partial charge in [0, 0.05) is 0 Å². The molecule has 0 atom stereocenters. The molecule has 0 aliphatic heterocycles. The van der Waals surface area contributed by atoms with Crippen LogP contribution in [0.25, 0.3) is 10.8 Å². The van der Waals surface area contributed by atoms with Gasteiger partial charge in [0.25, 0.3) is 0 Å². The van der Waals surface area contributed by atoms with Crippen molar-refractivity contribution in [2.45, 2.75) is 6.61 Å². The van der Waals surface area contributed by atoms with Gasteiger partial charge in [-0.1, -0.05) is 6.07 Å². The van der Waals surface area contributed by atoms with Gasteiger partial charge >= 0.3 is 5.69 Å². The molecule has 0 saturated heterocycles. The number of ether oxygens (including phenoxy) is 2. The number of nitrogens with zero attached hydrogens (tertiary/aromatic N) is 2. The summed E-state index contributed by atoms with van der Waals surface area (Å²) in [5.74, 6) is 1.05. The van der Waals surface area contributed by atoms with Gasteiger partial charge in [-0.15, -0.1) is 11.3 Å². The summed E-state index contributed by atoms with van der Waals surface area (Å²) >= 11 is 1.51. The summed E-state index contributed by atoms with van der Waals surface area (Å²) in [7, 11) is 1.45. The summed E-state index contributed by atoms with van der Waals surface area (Å²) in [6.45, 7) is 0.0715. The Morgan fingerprint density at radius 3 is 2.96 bits per heavy atom. The van der Waals surface area contributed by atoms with E-state index in [-0.39, 0.29) is 18.0 Å². The van der Waals surface area contributed by atoms with Crippen molar-refractivity contribution in [2.75, 3.05) is 7.11 Å². The maximum absolute atomic E-state index is 11.1. The quantitative estimate of drug-likeness (QED) is 0.502. The monoisotopic (exact) mass is 332 g/mol. The van der Waals surface area contributed by atoms with E-state index in [0.717, 1.165) is 4.88 Å². The highest BCUT2D eigenvalue weighted by molar-refractivity contribution is 7.13. The Morgan fingerprint density at radius 1 is 1.39 bits per heavy atom. The van der Waals surface area contributed by atoms with Gasteiger partial charge in [0.2, 0.25) is 5.89 Å². The van der Waals surface area contributed by atoms with E-state index in [0.29, 0.717) is 17.3 Å². The summed E-state index contributed by atoms with van der Waals surface area (Å²) < 4.78 is 15.9. The number of hydrogen-bond acceptors (Lipinski definition) is 7. The van der Waals surface area contributed by atoms with Crippen LogP contribution in [0.2, 0.25) is 0 Å². The lowest BCUT2D eigenvalue weighted by molar-refractivity contribution is -0.386. The molecule has 0 N–H and O–H groups in total. The Kier molecular flexibility index (Phi) is 4.24. The van der Waals surface area contributed by atoms with Crippen molar-refractivity contribution in [3.8, 4) is 22.3 Å². The van der Waals surface area contributed by atoms with E-state index in [1.807, 2.05) is 17.5 Å². The molecule has 8 heteroatoms. The fourth-order valence-electron chi connectivity index (χ4n) is 1.93. The van der Waals surface area contributed by atoms with Crippen LogP contribution < -0.4 is 9.47 Å². The lowest BCUT2D eigenvalue weighted by Gasteiger charge is -2.06. The predicted octanol–water partition coefficient (Wildman–Crippen LogP) is 3.90. The van der Waals surface area contributed by atoms with Gasteiger partial charge in [-0.3, -0.25) is 10.1 Å². The largest absolute Gasteiger partial charge is 0.496 e. The zero-order valence-electron chi connectivity index (χ0n) is 12.1. The number of methoxy groups -OCH3 is 1. The van der Waals surface area contributed by atoms with Gasteiger partial charge in [-0.2, -0.15) is 0 Å². The second-order valence-electron chi connectivity index (χ2n) is 4.50. The second kappa shape index (κ2) is 6.49. The lowest BCUT2D eigenvalue weighted by atomic mass is 10.3. The van der Waals surface area contributed by atoms with Crippen LogP contribution in [0.4, 0.5) is 5.69 Å². The van der Waals surface area contributed by atoms with Crippen LogP contribution in [0, 0.1) is 10.1 Å². The zero-order valence-corrected chi connectivity index (χ0v) is 12.9. The SMILES string of the molecule is COc1ccc(OCc2coc(-c3cccs3)n2)c([N+](=O)[O-])c1. The van der Waals surface area contributed by atoms with Gasteiger partial charge < -0.3 is 13.9 Å². The lowest BCUT2D eigenvalue weighted by Crippen LogP contribution is -2.00. The van der Waals surface area contributed by atoms with Crippen LogP contribution in [-0.4, -0.2) is 17.0 Å². The molecule has 0 fully saturated rings. The van der Waals surface area contributed by atoms with E-state index in [2.05, 4.69) is 4.98 Å². The molecular weight excluding hydrogens is 320 g/mol. The normalized spacial score (nSPS) is 10.5. The highest BCUT2D eigenvalue weighted by atomic mass is 32.1. The fourth-order valence-corrected chi connectivity index (χ4v) is 2.58. The first-order chi connectivity index (χ1) is 11.2. The van der Waals surface area contributed by atoms with Crippen LogP contribution >= 0.6 is 11.3 Å². The van der Waals surface area contributed by atoms with E-state index in [4.69, 9.17) is 13.9 Å². The fraction of sp³-hybridized carbons (Fsp3) is 0.133. The average Bonchev–Trinajstić information content (AvgIpc) is 3.23. The molecule has 3 rings (SSSR count). The van der Waals surface area contributed by atoms with E-state index in [1.54, 1.807) is 6.07 Å². The Morgan fingerprint density at radius 2 is 2.26 bits per heavy atom. The molecule has 0 aliphatic carbocycles. The summed E-state index contributed by atoms with van der Waals surface area (Å²) in [4.78, 5) is 15.8. The number of nitro benzene ring substituents is 1. The Balaban J connectivity index is 1.74. The maximum atomic E-state index is 11.1. The van der Waals surface area contributed by atoms with Crippen molar-refractivity contribution in [2.24, 2.45) is 0 Å². The molecule has 23 heavy (non-hydrogen) atoms. The molecule has 0 amide bonds. The van der Waals surface area contributed by atoms with E-state index in [1.165, 1.54) is 36.8 Å². The van der Waals surface area contributed by atoms with Crippen molar-refractivity contribution in [1.29, 1.82) is 0 Å². The topological polar surface area (TPSA) is 87.6 Å². The molecule has 2 heterocycles. The molecular formula is C15H12N2O5S. The van der Waals surface area contributed by atoms with E-state index < -0.39 is 4.92 Å². The first-order valence-corrected chi connectivity index (χ1v) is 7.49. The van der Waals surface area contributed by atoms with Gasteiger partial charge in [0.05, 0.1) is 23.0 Å². The average molecular weight is 332 g/mol. The molecule has 2 aromatic heterocycles. The first-order valence-electron chi connectivity index (χ1n) is 6.61. The summed E-state index contributed by atoms with van der Waals surface area (Å²) in [6, 6.07) is 8.21. The van der Waals surface area contributed by atoms with Crippen LogP contribution in [0.3, 0.4) is 0 Å². The third-order valence-electron chi connectivity index (χ3n) is 3.02. The molecule has 1 aromatic carbocycles. The van der Waals surface area contributed by atoms with Crippen LogP contribution in [0.5, 0.6) is 11.5 Å². The molecule has 0 radical (unpaired) electrons. The van der Waals surface area contributed by atoms with Crippen molar-refractivity contribution < 1.29 is 18.8 Å². The zero-order chi connectivity index (χ0) is 16.2. The molecule has 0 unspecified atom stereocenters. The van der Waals surface area contributed by atoms with E-state index in [9.17, 15) is 10.1 Å². The Bertz CT molecular complexity index is 813. The van der Waals surface area contributed by atoms with Gasteiger partial charge in [-0.25, -0.2) is 4.98 Å². The van der Waals surface area contributed by atoms with Crippen molar-refractivity contribution in [3.05, 3.63) is 57.8 Å². The predicted molar refractivity (Wildman–Crippen MR) is 83.8 cm³/mol. The maximum Gasteiger partial charge on any atom is 0.314 e. The molecule has 118 valence electrons. The van der Waals surface area contributed by atoms with Gasteiger partial charge in [0.1, 0.15) is 24.3 Å². The van der Waals surface area contributed by atoms with Crippen LogP contribution in [-0.2, 0) is 6.61 Å². The van der Waals surface area contributed by atoms with Crippen molar-refractivity contribution in [3.63, 3.8) is 0 Å². The Hall–Kier alpha value is -2.87. The number of nitro groups is 1. The first kappa shape index (κ1) is 15.0. The van der Waals surface area contributed by atoms with Crippen molar-refractivity contribution >= 4 is 17.0 Å². The van der Waals surface area contributed by atoms with E-state index >= 15 is 0 Å². The van der Waals surface area contributed by atoms with Crippen LogP contribution in [0.1, 0.15) is 5.69 Å². The number of rotatable bonds is 6. The number of aromatic nitrogens is 1. The smallest absolute Gasteiger partial charge is 0.314 e. The van der Waals surface area contributed by atoms with Gasteiger partial charge in [-0.05, 0) is 23.6 Å². The molecule has 7 nitrogen and oxygen atoms in total. The van der Waals surface area contributed by atoms with Crippen LogP contribution in [0.15, 0.2) is 46.4 Å². The summed E-state index contributed by atoms with van der Waals surface area (Å²) in [6.07, 6.45) is 1.48. The third-order valence-corrected chi connectivity index (χ3v) is 3.88. The standard InChI is InChI=1S/C15H12N2O5S/c1-20-11-4-5-13(12(7-11)17(18)19)21-8-10-9-22-15(16-10)14-3-2-6-23-14/h2-7,9H,8H2,1H3. The minimum Gasteiger partial charge on any atom is -0.496 e. The molecule has 0 spiro atoms. The molecule has 0 aliphatic rings. The minimum atomic E-state index is -0.516. The highest BCUT2D eigenvalue weighted by Crippen LogP contribution is 2.32. The number of thiophene rings is 1. The number of oxazole rings is 1. The summed E-state index contributed by atoms with van der Waals surface area (Å²) in [5, 5.41) is 13.0. The minimum absolute atomic E-state index is 0.0715. The molecule has 0 bridgehead atoms.